The number of hydrogen-bond donors (Lipinski definition) is 2. The molecule has 0 bridgehead atoms. The zero-order valence-corrected chi connectivity index (χ0v) is 9.94. The summed E-state index contributed by atoms with van der Waals surface area (Å²) in [5, 5.41) is 3.91. The summed E-state index contributed by atoms with van der Waals surface area (Å²) in [6.07, 6.45) is 0. The minimum Gasteiger partial charge on any atom is -0.382 e. The van der Waals surface area contributed by atoms with Gasteiger partial charge in [-0.3, -0.25) is 0 Å². The van der Waals surface area contributed by atoms with E-state index in [0.29, 0.717) is 11.6 Å². The molecule has 0 aromatic heterocycles. The Kier molecular flexibility index (Phi) is 4.81. The summed E-state index contributed by atoms with van der Waals surface area (Å²) in [7, 11) is 1.63. The molecule has 1 aromatic carbocycles. The second-order valence-electron chi connectivity index (χ2n) is 3.07. The van der Waals surface area contributed by atoms with Crippen molar-refractivity contribution in [2.24, 2.45) is 5.73 Å². The minimum atomic E-state index is -0.0373. The molecule has 0 aliphatic heterocycles. The molecule has 1 rings (SSSR count). The third kappa shape index (κ3) is 4.03. The van der Waals surface area contributed by atoms with Crippen molar-refractivity contribution in [1.82, 2.24) is 5.32 Å². The molecule has 82 valence electrons. The molecule has 0 radical (unpaired) electrons. The molecule has 1 aromatic rings. The summed E-state index contributed by atoms with van der Waals surface area (Å²) in [4.78, 5) is 0. The average molecular weight is 245 g/mol. The van der Waals surface area contributed by atoms with Gasteiger partial charge in [-0.2, -0.15) is 0 Å². The maximum Gasteiger partial charge on any atom is 0.164 e. The standard InChI is InChI=1S/C10H13ClN2OS/c1-14-6-9(13-10(12)15)7-2-4-8(11)5-3-7/h2-5,9H,6H2,1H3,(H3,12,13,15)/t9-/m0/s1. The normalized spacial score (nSPS) is 12.1. The van der Waals surface area contributed by atoms with Crippen molar-refractivity contribution in [3.05, 3.63) is 34.9 Å². The van der Waals surface area contributed by atoms with E-state index < -0.39 is 0 Å². The van der Waals surface area contributed by atoms with E-state index in [4.69, 9.17) is 34.3 Å². The second kappa shape index (κ2) is 5.90. The second-order valence-corrected chi connectivity index (χ2v) is 3.94. The molecule has 0 aliphatic carbocycles. The van der Waals surface area contributed by atoms with E-state index in [2.05, 4.69) is 5.32 Å². The van der Waals surface area contributed by atoms with Crippen molar-refractivity contribution in [3.8, 4) is 0 Å². The first-order valence-electron chi connectivity index (χ1n) is 4.44. The fraction of sp³-hybridized carbons (Fsp3) is 0.300. The Hall–Kier alpha value is -0.840. The van der Waals surface area contributed by atoms with Crippen molar-refractivity contribution in [3.63, 3.8) is 0 Å². The summed E-state index contributed by atoms with van der Waals surface area (Å²) in [6, 6.07) is 7.43. The largest absolute Gasteiger partial charge is 0.382 e. The Bertz CT molecular complexity index is 329. The first-order valence-corrected chi connectivity index (χ1v) is 5.22. The van der Waals surface area contributed by atoms with Crippen LogP contribution < -0.4 is 11.1 Å². The topological polar surface area (TPSA) is 47.3 Å². The number of methoxy groups -OCH3 is 1. The van der Waals surface area contributed by atoms with Crippen molar-refractivity contribution in [2.45, 2.75) is 6.04 Å². The van der Waals surface area contributed by atoms with Crippen LogP contribution in [0.1, 0.15) is 11.6 Å². The van der Waals surface area contributed by atoms with Crippen LogP contribution in [0.5, 0.6) is 0 Å². The van der Waals surface area contributed by atoms with Crippen LogP contribution in [0, 0.1) is 0 Å². The van der Waals surface area contributed by atoms with Crippen molar-refractivity contribution >= 4 is 28.9 Å². The van der Waals surface area contributed by atoms with E-state index in [1.165, 1.54) is 0 Å². The number of nitrogens with two attached hydrogens (primary N) is 1. The zero-order chi connectivity index (χ0) is 11.3. The minimum absolute atomic E-state index is 0.0373. The van der Waals surface area contributed by atoms with E-state index >= 15 is 0 Å². The van der Waals surface area contributed by atoms with Crippen LogP contribution >= 0.6 is 23.8 Å². The number of halogens is 1. The number of thiocarbonyl (C=S) groups is 1. The van der Waals surface area contributed by atoms with Gasteiger partial charge in [0.05, 0.1) is 12.6 Å². The van der Waals surface area contributed by atoms with Crippen LogP contribution in [0.4, 0.5) is 0 Å². The quantitative estimate of drug-likeness (QED) is 0.794. The van der Waals surface area contributed by atoms with Crippen molar-refractivity contribution in [2.75, 3.05) is 13.7 Å². The number of rotatable bonds is 4. The molecular formula is C10H13ClN2OS. The highest BCUT2D eigenvalue weighted by molar-refractivity contribution is 7.80. The smallest absolute Gasteiger partial charge is 0.164 e. The number of benzene rings is 1. The van der Waals surface area contributed by atoms with Crippen LogP contribution in [0.25, 0.3) is 0 Å². The third-order valence-electron chi connectivity index (χ3n) is 1.92. The van der Waals surface area contributed by atoms with E-state index in [9.17, 15) is 0 Å². The molecule has 0 saturated carbocycles. The van der Waals surface area contributed by atoms with E-state index in [-0.39, 0.29) is 11.2 Å². The summed E-state index contributed by atoms with van der Waals surface area (Å²) >= 11 is 10.6. The summed E-state index contributed by atoms with van der Waals surface area (Å²) in [5.41, 5.74) is 6.47. The van der Waals surface area contributed by atoms with Gasteiger partial charge < -0.3 is 15.8 Å². The lowest BCUT2D eigenvalue weighted by Crippen LogP contribution is -2.35. The molecular weight excluding hydrogens is 232 g/mol. The highest BCUT2D eigenvalue weighted by atomic mass is 35.5. The van der Waals surface area contributed by atoms with Crippen molar-refractivity contribution < 1.29 is 4.74 Å². The molecule has 1 atom stereocenters. The molecule has 3 N–H and O–H groups in total. The lowest BCUT2D eigenvalue weighted by Gasteiger charge is -2.18. The molecule has 0 spiro atoms. The molecule has 0 fully saturated rings. The van der Waals surface area contributed by atoms with Crippen molar-refractivity contribution in [1.29, 1.82) is 0 Å². The molecule has 0 aliphatic rings. The zero-order valence-electron chi connectivity index (χ0n) is 8.37. The Labute approximate surface area is 99.6 Å². The van der Waals surface area contributed by atoms with Gasteiger partial charge in [0.2, 0.25) is 0 Å². The van der Waals surface area contributed by atoms with E-state index in [1.54, 1.807) is 7.11 Å². The highest BCUT2D eigenvalue weighted by Gasteiger charge is 2.10. The first-order chi connectivity index (χ1) is 7.13. The molecule has 15 heavy (non-hydrogen) atoms. The van der Waals surface area contributed by atoms with E-state index in [1.807, 2.05) is 24.3 Å². The highest BCUT2D eigenvalue weighted by Crippen LogP contribution is 2.16. The van der Waals surface area contributed by atoms with Gasteiger partial charge in [0.1, 0.15) is 0 Å². The van der Waals surface area contributed by atoms with Gasteiger partial charge in [-0.15, -0.1) is 0 Å². The van der Waals surface area contributed by atoms with Crippen LogP contribution in [0.2, 0.25) is 5.02 Å². The van der Waals surface area contributed by atoms with E-state index in [0.717, 1.165) is 5.56 Å². The third-order valence-corrected chi connectivity index (χ3v) is 2.29. The van der Waals surface area contributed by atoms with Gasteiger partial charge >= 0.3 is 0 Å². The Morgan fingerprint density at radius 3 is 2.60 bits per heavy atom. The molecule has 0 saturated heterocycles. The first kappa shape index (κ1) is 12.2. The SMILES string of the molecule is COC[C@H](NC(N)=S)c1ccc(Cl)cc1. The number of ether oxygens (including phenoxy) is 1. The Balaban J connectivity index is 2.78. The van der Waals surface area contributed by atoms with Gasteiger partial charge in [-0.1, -0.05) is 23.7 Å². The molecule has 5 heteroatoms. The summed E-state index contributed by atoms with van der Waals surface area (Å²) in [6.45, 7) is 0.499. The lowest BCUT2D eigenvalue weighted by atomic mass is 10.1. The molecule has 0 heterocycles. The summed E-state index contributed by atoms with van der Waals surface area (Å²) in [5.74, 6) is 0. The lowest BCUT2D eigenvalue weighted by molar-refractivity contribution is 0.174. The molecule has 0 amide bonds. The fourth-order valence-electron chi connectivity index (χ4n) is 1.25. The fourth-order valence-corrected chi connectivity index (χ4v) is 1.52. The van der Waals surface area contributed by atoms with Crippen LogP contribution in [0.3, 0.4) is 0 Å². The Morgan fingerprint density at radius 2 is 2.13 bits per heavy atom. The maximum absolute atomic E-state index is 5.80. The van der Waals surface area contributed by atoms with Gasteiger partial charge in [0.25, 0.3) is 0 Å². The van der Waals surface area contributed by atoms with Gasteiger partial charge in [0, 0.05) is 12.1 Å². The van der Waals surface area contributed by atoms with Crippen LogP contribution in [-0.4, -0.2) is 18.8 Å². The maximum atomic E-state index is 5.80. The predicted molar refractivity (Wildman–Crippen MR) is 66.0 cm³/mol. The monoisotopic (exact) mass is 244 g/mol. The van der Waals surface area contributed by atoms with Crippen LogP contribution in [0.15, 0.2) is 24.3 Å². The molecule has 0 unspecified atom stereocenters. The van der Waals surface area contributed by atoms with Gasteiger partial charge in [0.15, 0.2) is 5.11 Å². The molecule has 3 nitrogen and oxygen atoms in total. The Morgan fingerprint density at radius 1 is 1.53 bits per heavy atom. The van der Waals surface area contributed by atoms with Gasteiger partial charge in [-0.05, 0) is 29.9 Å². The van der Waals surface area contributed by atoms with Crippen LogP contribution in [-0.2, 0) is 4.74 Å². The number of nitrogens with one attached hydrogen (secondary N) is 1. The number of hydrogen-bond acceptors (Lipinski definition) is 2. The van der Waals surface area contributed by atoms with Gasteiger partial charge in [-0.25, -0.2) is 0 Å². The average Bonchev–Trinajstić information content (AvgIpc) is 2.17. The predicted octanol–water partition coefficient (Wildman–Crippen LogP) is 1.86. The summed E-state index contributed by atoms with van der Waals surface area (Å²) < 4.78 is 5.08.